The molecule has 4 rings (SSSR count). The van der Waals surface area contributed by atoms with Crippen LogP contribution in [0.15, 0.2) is 36.7 Å². The SMILES string of the molecule is Cc1ccc2c(c1)OC(C)CN2C(=O)c1sc(-c2ncccn2)nc1C. The summed E-state index contributed by atoms with van der Waals surface area (Å²) in [4.78, 5) is 28.6. The number of hydrogen-bond donors (Lipinski definition) is 0. The van der Waals surface area contributed by atoms with Gasteiger partial charge in [0.1, 0.15) is 16.7 Å². The van der Waals surface area contributed by atoms with Crippen molar-refractivity contribution in [3.05, 3.63) is 52.8 Å². The number of amides is 1. The van der Waals surface area contributed by atoms with Gasteiger partial charge in [0, 0.05) is 12.4 Å². The fourth-order valence-electron chi connectivity index (χ4n) is 2.96. The van der Waals surface area contributed by atoms with Crippen LogP contribution in [0.2, 0.25) is 0 Å². The molecule has 132 valence electrons. The second kappa shape index (κ2) is 6.49. The molecular formula is C19H18N4O2S. The van der Waals surface area contributed by atoms with Crippen molar-refractivity contribution in [1.29, 1.82) is 0 Å². The van der Waals surface area contributed by atoms with Crippen molar-refractivity contribution in [2.45, 2.75) is 26.9 Å². The second-order valence-corrected chi connectivity index (χ2v) is 7.32. The van der Waals surface area contributed by atoms with Gasteiger partial charge in [-0.25, -0.2) is 15.0 Å². The predicted octanol–water partition coefficient (Wildman–Crippen LogP) is 3.64. The highest BCUT2D eigenvalue weighted by molar-refractivity contribution is 7.17. The van der Waals surface area contributed by atoms with Gasteiger partial charge in [0.15, 0.2) is 10.8 Å². The van der Waals surface area contributed by atoms with Gasteiger partial charge in [-0.05, 0) is 44.5 Å². The van der Waals surface area contributed by atoms with Crippen molar-refractivity contribution in [3.63, 3.8) is 0 Å². The Morgan fingerprint density at radius 1 is 1.27 bits per heavy atom. The van der Waals surface area contributed by atoms with E-state index >= 15 is 0 Å². The van der Waals surface area contributed by atoms with Gasteiger partial charge >= 0.3 is 0 Å². The number of aryl methyl sites for hydroxylation is 2. The van der Waals surface area contributed by atoms with Crippen molar-refractivity contribution in [2.75, 3.05) is 11.4 Å². The van der Waals surface area contributed by atoms with Gasteiger partial charge in [-0.3, -0.25) is 4.79 Å². The summed E-state index contributed by atoms with van der Waals surface area (Å²) in [5, 5.41) is 0.650. The minimum Gasteiger partial charge on any atom is -0.487 e. The van der Waals surface area contributed by atoms with E-state index in [-0.39, 0.29) is 12.0 Å². The van der Waals surface area contributed by atoms with Crippen molar-refractivity contribution >= 4 is 22.9 Å². The molecule has 0 fully saturated rings. The molecule has 1 atom stereocenters. The Balaban J connectivity index is 1.72. The third-order valence-electron chi connectivity index (χ3n) is 4.17. The molecule has 7 heteroatoms. The molecule has 0 saturated carbocycles. The minimum atomic E-state index is -0.0709. The average molecular weight is 366 g/mol. The number of benzene rings is 1. The Morgan fingerprint density at radius 2 is 2.04 bits per heavy atom. The lowest BCUT2D eigenvalue weighted by Crippen LogP contribution is -2.42. The maximum absolute atomic E-state index is 13.3. The van der Waals surface area contributed by atoms with Crippen LogP contribution >= 0.6 is 11.3 Å². The number of fused-ring (bicyclic) bond motifs is 1. The Morgan fingerprint density at radius 3 is 2.81 bits per heavy atom. The molecule has 1 aliphatic heterocycles. The lowest BCUT2D eigenvalue weighted by molar-refractivity contribution is 0.0964. The number of rotatable bonds is 2. The number of anilines is 1. The molecule has 0 N–H and O–H groups in total. The normalized spacial score (nSPS) is 16.1. The first-order valence-corrected chi connectivity index (χ1v) is 9.18. The van der Waals surface area contributed by atoms with E-state index in [9.17, 15) is 4.79 Å². The average Bonchev–Trinajstić information content (AvgIpc) is 3.02. The molecule has 0 saturated heterocycles. The van der Waals surface area contributed by atoms with Crippen molar-refractivity contribution in [3.8, 4) is 16.6 Å². The Bertz CT molecular complexity index is 971. The van der Waals surface area contributed by atoms with Gasteiger partial charge in [0.25, 0.3) is 5.91 Å². The number of aromatic nitrogens is 3. The quantitative estimate of drug-likeness (QED) is 0.692. The van der Waals surface area contributed by atoms with Gasteiger partial charge in [-0.2, -0.15) is 0 Å². The van der Waals surface area contributed by atoms with Crippen LogP contribution < -0.4 is 9.64 Å². The summed E-state index contributed by atoms with van der Waals surface area (Å²) in [6.07, 6.45) is 3.27. The van der Waals surface area contributed by atoms with Gasteiger partial charge < -0.3 is 9.64 Å². The van der Waals surface area contributed by atoms with Crippen LogP contribution in [0.1, 0.15) is 27.9 Å². The Kier molecular flexibility index (Phi) is 4.16. The van der Waals surface area contributed by atoms with Gasteiger partial charge in [-0.15, -0.1) is 11.3 Å². The lowest BCUT2D eigenvalue weighted by Gasteiger charge is -2.33. The third-order valence-corrected chi connectivity index (χ3v) is 5.31. The first kappa shape index (κ1) is 16.7. The van der Waals surface area contributed by atoms with E-state index in [1.165, 1.54) is 11.3 Å². The zero-order valence-electron chi connectivity index (χ0n) is 14.8. The van der Waals surface area contributed by atoms with Crippen molar-refractivity contribution in [1.82, 2.24) is 15.0 Å². The van der Waals surface area contributed by atoms with Crippen LogP contribution in [-0.4, -0.2) is 33.5 Å². The van der Waals surface area contributed by atoms with Gasteiger partial charge in [0.05, 0.1) is 17.9 Å². The summed E-state index contributed by atoms with van der Waals surface area (Å²) in [7, 11) is 0. The zero-order valence-corrected chi connectivity index (χ0v) is 15.6. The summed E-state index contributed by atoms with van der Waals surface area (Å²) in [5.74, 6) is 1.21. The molecule has 1 amide bonds. The molecule has 1 aliphatic rings. The summed E-state index contributed by atoms with van der Waals surface area (Å²) in [6.45, 7) is 6.32. The predicted molar refractivity (Wildman–Crippen MR) is 101 cm³/mol. The Labute approximate surface area is 155 Å². The van der Waals surface area contributed by atoms with E-state index in [1.807, 2.05) is 39.0 Å². The largest absolute Gasteiger partial charge is 0.487 e. The van der Waals surface area contributed by atoms with Crippen LogP contribution in [0.4, 0.5) is 5.69 Å². The van der Waals surface area contributed by atoms with E-state index in [1.54, 1.807) is 23.4 Å². The van der Waals surface area contributed by atoms with Crippen LogP contribution in [-0.2, 0) is 0 Å². The summed E-state index contributed by atoms with van der Waals surface area (Å²) < 4.78 is 5.91. The molecule has 1 unspecified atom stereocenters. The molecule has 6 nitrogen and oxygen atoms in total. The first-order chi connectivity index (χ1) is 12.5. The fraction of sp³-hybridized carbons (Fsp3) is 0.263. The van der Waals surface area contributed by atoms with Gasteiger partial charge in [-0.1, -0.05) is 6.07 Å². The topological polar surface area (TPSA) is 68.2 Å². The standard InChI is InChI=1S/C19H18N4O2S/c1-11-5-6-14-15(9-11)25-12(2)10-23(14)19(24)16-13(3)22-18(26-16)17-20-7-4-8-21-17/h4-9,12H,10H2,1-3H3. The van der Waals surface area contributed by atoms with Crippen molar-refractivity contribution in [2.24, 2.45) is 0 Å². The molecule has 0 radical (unpaired) electrons. The van der Waals surface area contributed by atoms with Crippen LogP contribution in [0.3, 0.4) is 0 Å². The molecule has 0 bridgehead atoms. The number of ether oxygens (including phenoxy) is 1. The molecule has 0 spiro atoms. The number of hydrogen-bond acceptors (Lipinski definition) is 6. The van der Waals surface area contributed by atoms with E-state index in [4.69, 9.17) is 4.74 Å². The maximum atomic E-state index is 13.3. The highest BCUT2D eigenvalue weighted by Crippen LogP contribution is 2.36. The summed E-state index contributed by atoms with van der Waals surface area (Å²) in [5.41, 5.74) is 2.59. The van der Waals surface area contributed by atoms with E-state index in [0.29, 0.717) is 27.9 Å². The summed E-state index contributed by atoms with van der Waals surface area (Å²) >= 11 is 1.33. The van der Waals surface area contributed by atoms with Gasteiger partial charge in [0.2, 0.25) is 0 Å². The zero-order chi connectivity index (χ0) is 18.3. The van der Waals surface area contributed by atoms with E-state index in [2.05, 4.69) is 15.0 Å². The highest BCUT2D eigenvalue weighted by atomic mass is 32.1. The molecular weight excluding hydrogens is 348 g/mol. The molecule has 3 heterocycles. The first-order valence-electron chi connectivity index (χ1n) is 8.37. The second-order valence-electron chi connectivity index (χ2n) is 6.32. The fourth-order valence-corrected chi connectivity index (χ4v) is 3.93. The molecule has 2 aromatic heterocycles. The minimum absolute atomic E-state index is 0.0672. The molecule has 3 aromatic rings. The highest BCUT2D eigenvalue weighted by Gasteiger charge is 2.30. The number of nitrogens with zero attached hydrogens (tertiary/aromatic N) is 4. The molecule has 26 heavy (non-hydrogen) atoms. The number of carbonyl (C=O) groups excluding carboxylic acids is 1. The molecule has 0 aliphatic carbocycles. The smallest absolute Gasteiger partial charge is 0.270 e. The van der Waals surface area contributed by atoms with Crippen LogP contribution in [0.5, 0.6) is 5.75 Å². The van der Waals surface area contributed by atoms with Crippen LogP contribution in [0, 0.1) is 13.8 Å². The van der Waals surface area contributed by atoms with E-state index in [0.717, 1.165) is 17.0 Å². The lowest BCUT2D eigenvalue weighted by atomic mass is 10.1. The third kappa shape index (κ3) is 2.94. The number of carbonyl (C=O) groups is 1. The van der Waals surface area contributed by atoms with Crippen LogP contribution in [0.25, 0.3) is 10.8 Å². The monoisotopic (exact) mass is 366 g/mol. The summed E-state index contributed by atoms with van der Waals surface area (Å²) in [6, 6.07) is 7.64. The molecule has 1 aromatic carbocycles. The van der Waals surface area contributed by atoms with E-state index < -0.39 is 0 Å². The Hall–Kier alpha value is -2.80. The van der Waals surface area contributed by atoms with Crippen molar-refractivity contribution < 1.29 is 9.53 Å². The number of thiazole rings is 1. The maximum Gasteiger partial charge on any atom is 0.270 e.